The molecule has 3 heterocycles. The van der Waals surface area contributed by atoms with Crippen molar-refractivity contribution in [2.75, 3.05) is 19.8 Å². The third-order valence-corrected chi connectivity index (χ3v) is 4.85. The Balaban J connectivity index is 2.08. The van der Waals surface area contributed by atoms with Gasteiger partial charge in [-0.3, -0.25) is 4.79 Å². The van der Waals surface area contributed by atoms with Crippen LogP contribution in [0, 0.1) is 5.41 Å². The van der Waals surface area contributed by atoms with Crippen molar-refractivity contribution in [3.05, 3.63) is 23.5 Å². The fourth-order valence-electron chi connectivity index (χ4n) is 3.30. The molecule has 3 rings (SSSR count). The van der Waals surface area contributed by atoms with Gasteiger partial charge in [0.1, 0.15) is 5.69 Å². The fourth-order valence-corrected chi connectivity index (χ4v) is 3.30. The zero-order valence-electron chi connectivity index (χ0n) is 14.7. The zero-order valence-corrected chi connectivity index (χ0v) is 14.7. The van der Waals surface area contributed by atoms with E-state index in [9.17, 15) is 4.79 Å². The quantitative estimate of drug-likeness (QED) is 0.738. The van der Waals surface area contributed by atoms with Crippen LogP contribution in [-0.4, -0.2) is 40.7 Å². The van der Waals surface area contributed by atoms with Gasteiger partial charge in [0.2, 0.25) is 0 Å². The molecule has 0 bridgehead atoms. The molecule has 4 nitrogen and oxygen atoms in total. The maximum Gasteiger partial charge on any atom is 0.270 e. The second-order valence-corrected chi connectivity index (χ2v) is 9.05. The zero-order chi connectivity index (χ0) is 16.3. The van der Waals surface area contributed by atoms with E-state index in [-0.39, 0.29) is 22.3 Å². The van der Waals surface area contributed by atoms with Gasteiger partial charge in [0.15, 0.2) is 0 Å². The average Bonchev–Trinajstić information content (AvgIpc) is 2.68. The summed E-state index contributed by atoms with van der Waals surface area (Å²) in [7, 11) is 0. The molecule has 122 valence electrons. The molecule has 1 saturated heterocycles. The fraction of sp³-hybridized carbons (Fsp3) is 0.722. The minimum Gasteiger partial charge on any atom is -0.380 e. The summed E-state index contributed by atoms with van der Waals surface area (Å²) in [6.45, 7) is 16.1. The molecule has 1 aromatic heterocycles. The minimum absolute atomic E-state index is 0.0509. The first kappa shape index (κ1) is 15.6. The molecular formula is C18H28N2O2. The van der Waals surface area contributed by atoms with Gasteiger partial charge in [0.25, 0.3) is 5.91 Å². The summed E-state index contributed by atoms with van der Waals surface area (Å²) in [5.41, 5.74) is 1.99. The average molecular weight is 304 g/mol. The number of nitrogens with zero attached hydrogens (tertiary/aromatic N) is 2. The monoisotopic (exact) mass is 304 g/mol. The van der Waals surface area contributed by atoms with Crippen LogP contribution in [0.3, 0.4) is 0 Å². The van der Waals surface area contributed by atoms with Gasteiger partial charge in [-0.15, -0.1) is 0 Å². The van der Waals surface area contributed by atoms with Crippen LogP contribution < -0.4 is 0 Å². The highest BCUT2D eigenvalue weighted by Crippen LogP contribution is 2.38. The topological polar surface area (TPSA) is 34.5 Å². The lowest BCUT2D eigenvalue weighted by Crippen LogP contribution is -2.56. The molecule has 4 heteroatoms. The van der Waals surface area contributed by atoms with Gasteiger partial charge in [0.05, 0.1) is 18.6 Å². The molecule has 1 amide bonds. The molecule has 1 aromatic rings. The Labute approximate surface area is 133 Å². The number of ether oxygens (including phenoxy) is 1. The molecule has 2 aliphatic heterocycles. The summed E-state index contributed by atoms with van der Waals surface area (Å²) in [6.07, 6.45) is 2.17. The number of aromatic nitrogens is 1. The summed E-state index contributed by atoms with van der Waals surface area (Å²) < 4.78 is 7.67. The van der Waals surface area contributed by atoms with Crippen molar-refractivity contribution in [1.82, 2.24) is 9.47 Å². The van der Waals surface area contributed by atoms with Crippen LogP contribution in [-0.2, 0) is 16.7 Å². The lowest BCUT2D eigenvalue weighted by molar-refractivity contribution is -0.134. The highest BCUT2D eigenvalue weighted by molar-refractivity contribution is 5.94. The molecule has 0 atom stereocenters. The summed E-state index contributed by atoms with van der Waals surface area (Å²) in [4.78, 5) is 15.1. The van der Waals surface area contributed by atoms with E-state index >= 15 is 0 Å². The number of hydrogen-bond donors (Lipinski definition) is 0. The van der Waals surface area contributed by atoms with Gasteiger partial charge in [0, 0.05) is 24.8 Å². The molecule has 0 unspecified atom stereocenters. The van der Waals surface area contributed by atoms with Gasteiger partial charge in [-0.05, 0) is 37.8 Å². The number of carbonyl (C=O) groups excluding carboxylic acids is 1. The summed E-state index contributed by atoms with van der Waals surface area (Å²) in [6, 6.07) is 2.08. The summed E-state index contributed by atoms with van der Waals surface area (Å²) in [5, 5.41) is 0. The van der Waals surface area contributed by atoms with E-state index in [1.807, 2.05) is 4.90 Å². The van der Waals surface area contributed by atoms with Crippen molar-refractivity contribution in [3.63, 3.8) is 0 Å². The van der Waals surface area contributed by atoms with Crippen molar-refractivity contribution in [3.8, 4) is 0 Å². The van der Waals surface area contributed by atoms with Gasteiger partial charge < -0.3 is 14.2 Å². The first-order valence-electron chi connectivity index (χ1n) is 8.12. The number of fused-ring (bicyclic) bond motifs is 1. The second-order valence-electron chi connectivity index (χ2n) is 9.05. The highest BCUT2D eigenvalue weighted by atomic mass is 16.5. The SMILES string of the molecule is CC(C)(C)c1cc2n(c1)CC1(COC1)CN(C(C)(C)C)C2=O. The molecular weight excluding hydrogens is 276 g/mol. The summed E-state index contributed by atoms with van der Waals surface area (Å²) in [5.74, 6) is 0.145. The standard InChI is InChI=1S/C18H28N2O2/c1-16(2,3)13-7-14-15(21)20(17(4,5)6)10-18(11-22-12-18)9-19(14)8-13/h7-8H,9-12H2,1-6H3. The van der Waals surface area contributed by atoms with Crippen LogP contribution in [0.2, 0.25) is 0 Å². The summed E-state index contributed by atoms with van der Waals surface area (Å²) >= 11 is 0. The largest absolute Gasteiger partial charge is 0.380 e. The molecule has 0 radical (unpaired) electrons. The van der Waals surface area contributed by atoms with Gasteiger partial charge >= 0.3 is 0 Å². The molecule has 0 N–H and O–H groups in total. The van der Waals surface area contributed by atoms with Crippen molar-refractivity contribution in [1.29, 1.82) is 0 Å². The maximum atomic E-state index is 13.1. The third-order valence-electron chi connectivity index (χ3n) is 4.85. The van der Waals surface area contributed by atoms with E-state index in [0.717, 1.165) is 32.0 Å². The van der Waals surface area contributed by atoms with Gasteiger partial charge in [-0.25, -0.2) is 0 Å². The van der Waals surface area contributed by atoms with Crippen LogP contribution in [0.5, 0.6) is 0 Å². The number of hydrogen-bond acceptors (Lipinski definition) is 2. The molecule has 1 spiro atoms. The molecule has 1 fully saturated rings. The van der Waals surface area contributed by atoms with Crippen LogP contribution >= 0.6 is 0 Å². The first-order valence-corrected chi connectivity index (χ1v) is 8.12. The Morgan fingerprint density at radius 2 is 1.73 bits per heavy atom. The van der Waals surface area contributed by atoms with E-state index in [1.54, 1.807) is 0 Å². The number of amides is 1. The highest BCUT2D eigenvalue weighted by Gasteiger charge is 2.47. The number of carbonyl (C=O) groups is 1. The maximum absolute atomic E-state index is 13.1. The lowest BCUT2D eigenvalue weighted by Gasteiger charge is -2.46. The molecule has 0 aliphatic carbocycles. The van der Waals surface area contributed by atoms with E-state index in [2.05, 4.69) is 58.4 Å². The van der Waals surface area contributed by atoms with Crippen LogP contribution in [0.15, 0.2) is 12.3 Å². The van der Waals surface area contributed by atoms with Crippen molar-refractivity contribution >= 4 is 5.91 Å². The van der Waals surface area contributed by atoms with Crippen LogP contribution in [0.4, 0.5) is 0 Å². The molecule has 0 saturated carbocycles. The minimum atomic E-state index is -0.180. The first-order chi connectivity index (χ1) is 10.0. The van der Waals surface area contributed by atoms with Gasteiger partial charge in [-0.2, -0.15) is 0 Å². The second kappa shape index (κ2) is 4.60. The van der Waals surface area contributed by atoms with E-state index < -0.39 is 0 Å². The van der Waals surface area contributed by atoms with Gasteiger partial charge in [-0.1, -0.05) is 20.8 Å². The Morgan fingerprint density at radius 1 is 1.09 bits per heavy atom. The van der Waals surface area contributed by atoms with E-state index in [1.165, 1.54) is 5.56 Å². The predicted molar refractivity (Wildman–Crippen MR) is 87.2 cm³/mol. The third kappa shape index (κ3) is 2.47. The normalized spacial score (nSPS) is 21.5. The van der Waals surface area contributed by atoms with Crippen molar-refractivity contribution in [2.45, 2.75) is 59.0 Å². The predicted octanol–water partition coefficient (Wildman–Crippen LogP) is 3.06. The Bertz CT molecular complexity index is 598. The molecule has 0 aromatic carbocycles. The van der Waals surface area contributed by atoms with Crippen LogP contribution in [0.1, 0.15) is 57.6 Å². The molecule has 22 heavy (non-hydrogen) atoms. The van der Waals surface area contributed by atoms with E-state index in [4.69, 9.17) is 4.74 Å². The Morgan fingerprint density at radius 3 is 2.18 bits per heavy atom. The Hall–Kier alpha value is -1.29. The van der Waals surface area contributed by atoms with Crippen LogP contribution in [0.25, 0.3) is 0 Å². The Kier molecular flexibility index (Phi) is 3.27. The molecule has 2 aliphatic rings. The van der Waals surface area contributed by atoms with Crippen molar-refractivity contribution in [2.24, 2.45) is 5.41 Å². The number of rotatable bonds is 0. The lowest BCUT2D eigenvalue weighted by atomic mass is 9.84. The van der Waals surface area contributed by atoms with Crippen molar-refractivity contribution < 1.29 is 9.53 Å². The smallest absolute Gasteiger partial charge is 0.270 e. The van der Waals surface area contributed by atoms with E-state index in [0.29, 0.717) is 0 Å².